The van der Waals surface area contributed by atoms with Crippen molar-refractivity contribution in [3.8, 4) is 0 Å². The molecule has 0 aliphatic heterocycles. The van der Waals surface area contributed by atoms with E-state index in [1.54, 1.807) is 0 Å². The monoisotopic (exact) mass is 255 g/mol. The quantitative estimate of drug-likeness (QED) is 0.350. The van der Waals surface area contributed by atoms with Crippen LogP contribution in [0.2, 0.25) is 0 Å². The van der Waals surface area contributed by atoms with Crippen molar-refractivity contribution < 1.29 is 37.5 Å². The second-order valence-corrected chi connectivity index (χ2v) is 0.447. The van der Waals surface area contributed by atoms with Crippen molar-refractivity contribution in [2.24, 2.45) is 0 Å². The van der Waals surface area contributed by atoms with Gasteiger partial charge in [-0.1, -0.05) is 0 Å². The van der Waals surface area contributed by atoms with Crippen molar-refractivity contribution in [1.82, 2.24) is 6.15 Å². The molecule has 0 fully saturated rings. The van der Waals surface area contributed by atoms with Crippen LogP contribution in [0.4, 0.5) is 0 Å². The van der Waals surface area contributed by atoms with Gasteiger partial charge in [0.25, 0.3) is 0 Å². The van der Waals surface area contributed by atoms with Crippen LogP contribution in [0, 0.1) is 30.6 Å². The van der Waals surface area contributed by atoms with Gasteiger partial charge in [-0.05, 0) is 0 Å². The Labute approximate surface area is 74.6 Å². The second-order valence-electron chi connectivity index (χ2n) is 0.447. The van der Waals surface area contributed by atoms with Crippen LogP contribution in [0.1, 0.15) is 0 Å². The zero-order chi connectivity index (χ0) is 7.15. The Balaban J connectivity index is -0.0000000300. The van der Waals surface area contributed by atoms with E-state index in [1.165, 1.54) is 0 Å². The molecule has 0 amide bonds. The Bertz CT molecular complexity index is 71.0. The molecule has 0 spiro atoms. The summed E-state index contributed by atoms with van der Waals surface area (Å²) < 4.78 is 0. The van der Waals surface area contributed by atoms with Gasteiger partial charge in [-0.3, -0.25) is 0 Å². The molecule has 0 atom stereocenters. The van der Waals surface area contributed by atoms with Crippen LogP contribution in [-0.2, 0) is 27.3 Å². The van der Waals surface area contributed by atoms with E-state index in [2.05, 4.69) is 0 Å². The Morgan fingerprint density at radius 1 is 0.800 bits per heavy atom. The summed E-state index contributed by atoms with van der Waals surface area (Å²) >= 11 is 0. The smallest absolute Gasteiger partial charge is 0.356 e. The van der Waals surface area contributed by atoms with Crippen molar-refractivity contribution >= 4 is 0 Å². The van der Waals surface area contributed by atoms with E-state index in [0.717, 1.165) is 0 Å². The molecule has 10 heavy (non-hydrogen) atoms. The first-order chi connectivity index (χ1) is 3.46. The van der Waals surface area contributed by atoms with Crippen LogP contribution in [0.3, 0.4) is 0 Å². The molecule has 0 saturated heterocycles. The first-order valence-electron chi connectivity index (χ1n) is 1.10. The molecule has 0 radical (unpaired) electrons. The zero-order valence-corrected chi connectivity index (χ0v) is 8.79. The summed E-state index contributed by atoms with van der Waals surface area (Å²) in [7, 11) is 0. The normalized spacial score (nSPS) is 4.80. The summed E-state index contributed by atoms with van der Waals surface area (Å²) in [6.07, 6.45) is 0. The summed E-state index contributed by atoms with van der Waals surface area (Å²) in [6, 6.07) is 0. The molecule has 0 rings (SSSR count). The minimum Gasteiger partial charge on any atom is -0.356 e. The minimum absolute atomic E-state index is 0. The molecule has 0 aromatic heterocycles. The number of hydrogen-bond acceptors (Lipinski definition) is 7. The van der Waals surface area contributed by atoms with Crippen LogP contribution in [0.25, 0.3) is 0 Å². The van der Waals surface area contributed by atoms with E-state index in [1.807, 2.05) is 0 Å². The van der Waals surface area contributed by atoms with E-state index in [9.17, 15) is 0 Å². The van der Waals surface area contributed by atoms with Gasteiger partial charge in [0.1, 0.15) is 0 Å². The van der Waals surface area contributed by atoms with Crippen LogP contribution in [0.15, 0.2) is 0 Å². The molecule has 0 aliphatic carbocycles. The standard InChI is InChI=1S/Cd.2NO3.H3N/c;2*2-1(3)4;/h;;;1H3/q+2;2*-1;. The van der Waals surface area contributed by atoms with E-state index < -0.39 is 10.2 Å². The molecular weight excluding hydrogens is 250 g/mol. The summed E-state index contributed by atoms with van der Waals surface area (Å²) in [6.45, 7) is 0. The summed E-state index contributed by atoms with van der Waals surface area (Å²) in [5.41, 5.74) is 0. The topological polar surface area (TPSA) is 167 Å². The van der Waals surface area contributed by atoms with Crippen LogP contribution in [-0.4, -0.2) is 10.2 Å². The number of rotatable bonds is 0. The Kier molecular flexibility index (Phi) is 35.9. The predicted molar refractivity (Wildman–Crippen MR) is 25.7 cm³/mol. The molecule has 56 valence electrons. The molecule has 10 heteroatoms. The van der Waals surface area contributed by atoms with Crippen LogP contribution < -0.4 is 6.15 Å². The fourth-order valence-corrected chi connectivity index (χ4v) is 0. The van der Waals surface area contributed by atoms with E-state index in [0.29, 0.717) is 0 Å². The molecule has 0 bridgehead atoms. The maximum atomic E-state index is 8.25. The van der Waals surface area contributed by atoms with Gasteiger partial charge < -0.3 is 36.8 Å². The first-order valence-corrected chi connectivity index (χ1v) is 1.10. The average molecular weight is 253 g/mol. The van der Waals surface area contributed by atoms with Crippen molar-refractivity contribution in [3.63, 3.8) is 0 Å². The number of nitrogens with zero attached hydrogens (tertiary/aromatic N) is 2. The molecule has 0 unspecified atom stereocenters. The summed E-state index contributed by atoms with van der Waals surface area (Å²) in [5, 5.41) is 29.5. The number of hydrogen-bond donors (Lipinski definition) is 1. The van der Waals surface area contributed by atoms with Gasteiger partial charge in [-0.15, -0.1) is 0 Å². The molecule has 0 aromatic rings. The molecule has 0 saturated carbocycles. The molecule has 0 aromatic carbocycles. The average Bonchev–Trinajstić information content (AvgIpc) is 1.25. The largest absolute Gasteiger partial charge is 2.00 e. The Morgan fingerprint density at radius 2 is 0.800 bits per heavy atom. The van der Waals surface area contributed by atoms with Crippen molar-refractivity contribution in [3.05, 3.63) is 30.6 Å². The van der Waals surface area contributed by atoms with Gasteiger partial charge in [0, 0.05) is 0 Å². The fraction of sp³-hybridized carbons (Fsp3) is 0. The van der Waals surface area contributed by atoms with Crippen molar-refractivity contribution in [2.75, 3.05) is 0 Å². The molecule has 0 heterocycles. The maximum Gasteiger partial charge on any atom is 2.00 e. The third-order valence-corrected chi connectivity index (χ3v) is 0. The molecule has 3 N–H and O–H groups in total. The van der Waals surface area contributed by atoms with Gasteiger partial charge in [0.15, 0.2) is 0 Å². The second kappa shape index (κ2) is 15.7. The van der Waals surface area contributed by atoms with Gasteiger partial charge in [-0.25, -0.2) is 0 Å². The van der Waals surface area contributed by atoms with E-state index in [4.69, 9.17) is 30.6 Å². The maximum absolute atomic E-state index is 8.25. The third kappa shape index (κ3) is 558. The minimum atomic E-state index is -1.75. The Hall–Kier alpha value is -0.718. The molecule has 0 aliphatic rings. The van der Waals surface area contributed by atoms with Gasteiger partial charge >= 0.3 is 27.3 Å². The summed E-state index contributed by atoms with van der Waals surface area (Å²) in [4.78, 5) is 16.5. The van der Waals surface area contributed by atoms with Crippen LogP contribution >= 0.6 is 0 Å². The molecular formula is H3CdN3O6. The van der Waals surface area contributed by atoms with Gasteiger partial charge in [-0.2, -0.15) is 0 Å². The van der Waals surface area contributed by atoms with Crippen molar-refractivity contribution in [2.45, 2.75) is 0 Å². The first kappa shape index (κ1) is 22.8. The zero-order valence-electron chi connectivity index (χ0n) is 4.76. The van der Waals surface area contributed by atoms with Gasteiger partial charge in [0.2, 0.25) is 0 Å². The third-order valence-electron chi connectivity index (χ3n) is 0. The molecule has 9 nitrogen and oxygen atoms in total. The Morgan fingerprint density at radius 3 is 0.800 bits per heavy atom. The van der Waals surface area contributed by atoms with Gasteiger partial charge in [0.05, 0.1) is 10.2 Å². The predicted octanol–water partition coefficient (Wildman–Crippen LogP) is -0.319. The van der Waals surface area contributed by atoms with E-state index >= 15 is 0 Å². The fourth-order valence-electron chi connectivity index (χ4n) is 0. The van der Waals surface area contributed by atoms with Crippen LogP contribution in [0.5, 0.6) is 0 Å². The SMILES string of the molecule is N.O=[N+]([O-])[O-].O=[N+]([O-])[O-].[Cd+2]. The van der Waals surface area contributed by atoms with Crippen molar-refractivity contribution in [1.29, 1.82) is 0 Å². The summed E-state index contributed by atoms with van der Waals surface area (Å²) in [5.74, 6) is 0. The van der Waals surface area contributed by atoms with E-state index in [-0.39, 0.29) is 33.4 Å².